The van der Waals surface area contributed by atoms with Gasteiger partial charge in [-0.15, -0.1) is 0 Å². The number of benzene rings is 1. The lowest BCUT2D eigenvalue weighted by molar-refractivity contribution is 0.479. The zero-order chi connectivity index (χ0) is 12.5. The maximum atomic E-state index is 4.28. The van der Waals surface area contributed by atoms with Gasteiger partial charge in [-0.25, -0.2) is 0 Å². The van der Waals surface area contributed by atoms with Crippen LogP contribution in [0.15, 0.2) is 35.3 Å². The minimum absolute atomic E-state index is 0.875. The summed E-state index contributed by atoms with van der Waals surface area (Å²) in [6, 6.07) is 10.4. The van der Waals surface area contributed by atoms with E-state index in [2.05, 4.69) is 52.8 Å². The van der Waals surface area contributed by atoms with Gasteiger partial charge in [0.25, 0.3) is 0 Å². The highest BCUT2D eigenvalue weighted by Crippen LogP contribution is 2.02. The molecule has 1 rings (SSSR count). The van der Waals surface area contributed by atoms with E-state index in [9.17, 15) is 0 Å². The van der Waals surface area contributed by atoms with Crippen molar-refractivity contribution in [2.75, 3.05) is 32.6 Å². The molecular formula is C13H21N3S. The molecular weight excluding hydrogens is 230 g/mol. The molecule has 17 heavy (non-hydrogen) atoms. The molecule has 1 N–H and O–H groups in total. The molecule has 0 fully saturated rings. The molecule has 0 saturated carbocycles. The first-order valence-corrected chi connectivity index (χ1v) is 7.12. The molecule has 0 radical (unpaired) electrons. The molecule has 94 valence electrons. The Bertz CT molecular complexity index is 338. The van der Waals surface area contributed by atoms with Crippen LogP contribution in [-0.4, -0.2) is 43.5 Å². The molecule has 0 heterocycles. The second-order valence-corrected chi connectivity index (χ2v) is 4.79. The molecule has 0 amide bonds. The van der Waals surface area contributed by atoms with Crippen molar-refractivity contribution in [3.63, 3.8) is 0 Å². The van der Waals surface area contributed by atoms with Crippen LogP contribution in [0.4, 0.5) is 0 Å². The first-order valence-electron chi connectivity index (χ1n) is 5.72. The summed E-state index contributed by atoms with van der Waals surface area (Å²) in [5, 5.41) is 3.35. The van der Waals surface area contributed by atoms with E-state index in [1.165, 1.54) is 5.56 Å². The molecule has 1 aromatic carbocycles. The van der Waals surface area contributed by atoms with Crippen LogP contribution in [0, 0.1) is 0 Å². The van der Waals surface area contributed by atoms with Gasteiger partial charge in [0, 0.05) is 32.9 Å². The molecule has 0 aromatic heterocycles. The van der Waals surface area contributed by atoms with E-state index < -0.39 is 0 Å². The fraction of sp³-hybridized carbons (Fsp3) is 0.462. The number of hydrogen-bond donors (Lipinski definition) is 1. The van der Waals surface area contributed by atoms with E-state index in [-0.39, 0.29) is 0 Å². The van der Waals surface area contributed by atoms with Gasteiger partial charge in [-0.1, -0.05) is 30.3 Å². The van der Waals surface area contributed by atoms with Crippen LogP contribution in [0.1, 0.15) is 5.56 Å². The van der Waals surface area contributed by atoms with Gasteiger partial charge in [-0.3, -0.25) is 4.99 Å². The zero-order valence-electron chi connectivity index (χ0n) is 10.8. The number of hydrogen-bond acceptors (Lipinski definition) is 2. The summed E-state index contributed by atoms with van der Waals surface area (Å²) >= 11 is 1.83. The average Bonchev–Trinajstić information content (AvgIpc) is 2.36. The first kappa shape index (κ1) is 13.9. The third-order valence-electron chi connectivity index (χ3n) is 2.43. The molecule has 3 nitrogen and oxygen atoms in total. The maximum absolute atomic E-state index is 4.28. The Morgan fingerprint density at radius 1 is 1.35 bits per heavy atom. The summed E-state index contributed by atoms with van der Waals surface area (Å²) in [6.07, 6.45) is 2.11. The highest BCUT2D eigenvalue weighted by molar-refractivity contribution is 7.98. The van der Waals surface area contributed by atoms with Gasteiger partial charge < -0.3 is 10.2 Å². The van der Waals surface area contributed by atoms with Crippen molar-refractivity contribution in [2.24, 2.45) is 4.99 Å². The van der Waals surface area contributed by atoms with Gasteiger partial charge in [0.1, 0.15) is 0 Å². The molecule has 1 aromatic rings. The van der Waals surface area contributed by atoms with Crippen LogP contribution in [0.2, 0.25) is 0 Å². The predicted molar refractivity (Wildman–Crippen MR) is 77.7 cm³/mol. The van der Waals surface area contributed by atoms with Gasteiger partial charge in [-0.2, -0.15) is 11.8 Å². The Morgan fingerprint density at radius 2 is 2.06 bits per heavy atom. The lowest BCUT2D eigenvalue weighted by atomic mass is 10.2. The molecule has 0 unspecified atom stereocenters. The monoisotopic (exact) mass is 251 g/mol. The summed E-state index contributed by atoms with van der Waals surface area (Å²) in [4.78, 5) is 6.41. The van der Waals surface area contributed by atoms with Crippen molar-refractivity contribution in [3.8, 4) is 0 Å². The highest BCUT2D eigenvalue weighted by atomic mass is 32.2. The standard InChI is InChI=1S/C13H21N3S/c1-14-13(15-9-10-17-3)16(2)11-12-7-5-4-6-8-12/h4-8H,9-11H2,1-3H3,(H,14,15). The van der Waals surface area contributed by atoms with Gasteiger partial charge >= 0.3 is 0 Å². The van der Waals surface area contributed by atoms with Gasteiger partial charge in [0.2, 0.25) is 0 Å². The van der Waals surface area contributed by atoms with E-state index in [0.717, 1.165) is 24.8 Å². The number of nitrogens with zero attached hydrogens (tertiary/aromatic N) is 2. The van der Waals surface area contributed by atoms with E-state index in [0.29, 0.717) is 0 Å². The Balaban J connectivity index is 2.47. The quantitative estimate of drug-likeness (QED) is 0.493. The number of nitrogens with one attached hydrogen (secondary N) is 1. The maximum Gasteiger partial charge on any atom is 0.193 e. The minimum atomic E-state index is 0.875. The second-order valence-electron chi connectivity index (χ2n) is 3.81. The molecule has 0 aliphatic carbocycles. The first-order chi connectivity index (χ1) is 8.27. The SMILES string of the molecule is CN=C(NCCSC)N(C)Cc1ccccc1. The Morgan fingerprint density at radius 3 is 2.65 bits per heavy atom. The fourth-order valence-electron chi connectivity index (χ4n) is 1.58. The third kappa shape index (κ3) is 5.13. The molecule has 0 spiro atoms. The molecule has 0 bridgehead atoms. The van der Waals surface area contributed by atoms with Gasteiger partial charge in [0.05, 0.1) is 0 Å². The van der Waals surface area contributed by atoms with Crippen LogP contribution in [0.3, 0.4) is 0 Å². The van der Waals surface area contributed by atoms with Crippen LogP contribution in [-0.2, 0) is 6.54 Å². The normalized spacial score (nSPS) is 11.4. The Hall–Kier alpha value is -1.16. The zero-order valence-corrected chi connectivity index (χ0v) is 11.6. The van der Waals surface area contributed by atoms with Crippen LogP contribution >= 0.6 is 11.8 Å². The van der Waals surface area contributed by atoms with Crippen molar-refractivity contribution >= 4 is 17.7 Å². The van der Waals surface area contributed by atoms with Crippen molar-refractivity contribution in [1.82, 2.24) is 10.2 Å². The lowest BCUT2D eigenvalue weighted by Gasteiger charge is -2.22. The van der Waals surface area contributed by atoms with Crippen molar-refractivity contribution in [1.29, 1.82) is 0 Å². The summed E-state index contributed by atoms with van der Waals surface area (Å²) in [6.45, 7) is 1.83. The smallest absolute Gasteiger partial charge is 0.193 e. The second kappa shape index (κ2) is 8.01. The van der Waals surface area contributed by atoms with E-state index >= 15 is 0 Å². The highest BCUT2D eigenvalue weighted by Gasteiger charge is 2.05. The van der Waals surface area contributed by atoms with E-state index in [1.807, 2.05) is 24.9 Å². The van der Waals surface area contributed by atoms with Crippen LogP contribution < -0.4 is 5.32 Å². The summed E-state index contributed by atoms with van der Waals surface area (Å²) < 4.78 is 0. The van der Waals surface area contributed by atoms with Gasteiger partial charge in [-0.05, 0) is 11.8 Å². The fourth-order valence-corrected chi connectivity index (χ4v) is 1.89. The Kier molecular flexibility index (Phi) is 6.55. The average molecular weight is 251 g/mol. The third-order valence-corrected chi connectivity index (χ3v) is 3.04. The summed E-state index contributed by atoms with van der Waals surface area (Å²) in [5.74, 6) is 2.04. The van der Waals surface area contributed by atoms with Crippen molar-refractivity contribution < 1.29 is 0 Å². The number of thioether (sulfide) groups is 1. The number of aliphatic imine (C=N–C) groups is 1. The molecule has 4 heteroatoms. The topological polar surface area (TPSA) is 27.6 Å². The summed E-state index contributed by atoms with van der Waals surface area (Å²) in [7, 11) is 3.88. The van der Waals surface area contributed by atoms with Crippen molar-refractivity contribution in [2.45, 2.75) is 6.54 Å². The van der Waals surface area contributed by atoms with Crippen LogP contribution in [0.25, 0.3) is 0 Å². The lowest BCUT2D eigenvalue weighted by Crippen LogP contribution is -2.39. The summed E-state index contributed by atoms with van der Waals surface area (Å²) in [5.41, 5.74) is 1.29. The largest absolute Gasteiger partial charge is 0.355 e. The van der Waals surface area contributed by atoms with Crippen molar-refractivity contribution in [3.05, 3.63) is 35.9 Å². The number of guanidine groups is 1. The Labute approximate surface area is 108 Å². The molecule has 0 saturated heterocycles. The predicted octanol–water partition coefficient (Wildman–Crippen LogP) is 2.06. The van der Waals surface area contributed by atoms with E-state index in [1.54, 1.807) is 0 Å². The minimum Gasteiger partial charge on any atom is -0.355 e. The van der Waals surface area contributed by atoms with Crippen LogP contribution in [0.5, 0.6) is 0 Å². The van der Waals surface area contributed by atoms with E-state index in [4.69, 9.17) is 0 Å². The molecule has 0 aliphatic heterocycles. The number of rotatable bonds is 5. The molecule has 0 aliphatic rings. The molecule has 0 atom stereocenters. The van der Waals surface area contributed by atoms with Gasteiger partial charge in [0.15, 0.2) is 5.96 Å².